The number of nitrogens with zero attached hydrogens (tertiary/aromatic N) is 1. The number of halogens is 1. The van der Waals surface area contributed by atoms with Crippen molar-refractivity contribution in [2.75, 3.05) is 13.6 Å². The SMILES string of the molecule is CCCN(C)C(=O)c1ccc(Br)c(S(N)(=O)=O)c1. The van der Waals surface area contributed by atoms with Crippen molar-refractivity contribution in [1.29, 1.82) is 0 Å². The van der Waals surface area contributed by atoms with Crippen molar-refractivity contribution in [3.8, 4) is 0 Å². The second-order valence-corrected chi connectivity index (χ2v) is 6.30. The lowest BCUT2D eigenvalue weighted by Gasteiger charge is -2.16. The van der Waals surface area contributed by atoms with Gasteiger partial charge in [-0.1, -0.05) is 6.92 Å². The fourth-order valence-electron chi connectivity index (χ4n) is 1.51. The first-order valence-electron chi connectivity index (χ1n) is 5.35. The minimum atomic E-state index is -3.85. The first kappa shape index (κ1) is 15.1. The first-order chi connectivity index (χ1) is 8.27. The van der Waals surface area contributed by atoms with Gasteiger partial charge >= 0.3 is 0 Å². The van der Waals surface area contributed by atoms with E-state index in [9.17, 15) is 13.2 Å². The maximum absolute atomic E-state index is 12.0. The number of hydrogen-bond donors (Lipinski definition) is 1. The molecule has 0 aliphatic carbocycles. The van der Waals surface area contributed by atoms with Gasteiger partial charge in [0.2, 0.25) is 10.0 Å². The summed E-state index contributed by atoms with van der Waals surface area (Å²) >= 11 is 3.10. The molecule has 0 heterocycles. The van der Waals surface area contributed by atoms with Crippen LogP contribution in [0.5, 0.6) is 0 Å². The molecule has 0 saturated heterocycles. The molecule has 0 aliphatic heterocycles. The lowest BCUT2D eigenvalue weighted by atomic mass is 10.2. The van der Waals surface area contributed by atoms with Gasteiger partial charge in [-0.2, -0.15) is 0 Å². The Kier molecular flexibility index (Phi) is 4.89. The largest absolute Gasteiger partial charge is 0.342 e. The molecule has 0 saturated carbocycles. The smallest absolute Gasteiger partial charge is 0.253 e. The highest BCUT2D eigenvalue weighted by Crippen LogP contribution is 2.22. The van der Waals surface area contributed by atoms with E-state index < -0.39 is 10.0 Å². The van der Waals surface area contributed by atoms with E-state index in [0.29, 0.717) is 16.6 Å². The van der Waals surface area contributed by atoms with Gasteiger partial charge in [0.1, 0.15) is 0 Å². The second-order valence-electron chi connectivity index (χ2n) is 3.92. The summed E-state index contributed by atoms with van der Waals surface area (Å²) in [7, 11) is -2.17. The van der Waals surface area contributed by atoms with Crippen molar-refractivity contribution in [1.82, 2.24) is 4.90 Å². The zero-order valence-corrected chi connectivity index (χ0v) is 12.6. The van der Waals surface area contributed by atoms with Gasteiger partial charge in [-0.15, -0.1) is 0 Å². The number of carbonyl (C=O) groups is 1. The van der Waals surface area contributed by atoms with Gasteiger partial charge in [0.15, 0.2) is 0 Å². The highest BCUT2D eigenvalue weighted by Gasteiger charge is 2.17. The van der Waals surface area contributed by atoms with Gasteiger partial charge in [0.05, 0.1) is 4.90 Å². The van der Waals surface area contributed by atoms with E-state index in [4.69, 9.17) is 5.14 Å². The number of rotatable bonds is 4. The average molecular weight is 335 g/mol. The van der Waals surface area contributed by atoms with Crippen molar-refractivity contribution in [2.45, 2.75) is 18.2 Å². The molecule has 0 bridgehead atoms. The number of nitrogens with two attached hydrogens (primary N) is 1. The quantitative estimate of drug-likeness (QED) is 0.907. The molecule has 100 valence electrons. The molecule has 0 radical (unpaired) electrons. The van der Waals surface area contributed by atoms with Crippen LogP contribution < -0.4 is 5.14 Å². The molecule has 1 aromatic carbocycles. The molecule has 1 amide bonds. The van der Waals surface area contributed by atoms with Crippen LogP contribution in [0.2, 0.25) is 0 Å². The molecule has 5 nitrogen and oxygen atoms in total. The van der Waals surface area contributed by atoms with E-state index in [0.717, 1.165) is 6.42 Å². The molecule has 1 rings (SSSR count). The fraction of sp³-hybridized carbons (Fsp3) is 0.364. The third kappa shape index (κ3) is 3.54. The van der Waals surface area contributed by atoms with E-state index >= 15 is 0 Å². The normalized spacial score (nSPS) is 11.3. The Balaban J connectivity index is 3.17. The molecule has 18 heavy (non-hydrogen) atoms. The zero-order chi connectivity index (χ0) is 13.9. The molecular weight excluding hydrogens is 320 g/mol. The summed E-state index contributed by atoms with van der Waals surface area (Å²) in [6.45, 7) is 2.57. The third-order valence-corrected chi connectivity index (χ3v) is 4.30. The maximum Gasteiger partial charge on any atom is 0.253 e. The predicted molar refractivity (Wildman–Crippen MR) is 72.8 cm³/mol. The first-order valence-corrected chi connectivity index (χ1v) is 7.69. The summed E-state index contributed by atoms with van der Waals surface area (Å²) < 4.78 is 23.0. The summed E-state index contributed by atoms with van der Waals surface area (Å²) in [4.78, 5) is 13.5. The molecule has 0 unspecified atom stereocenters. The van der Waals surface area contributed by atoms with Crippen molar-refractivity contribution in [3.63, 3.8) is 0 Å². The number of amides is 1. The maximum atomic E-state index is 12.0. The monoisotopic (exact) mass is 334 g/mol. The molecule has 0 aromatic heterocycles. The highest BCUT2D eigenvalue weighted by molar-refractivity contribution is 9.10. The highest BCUT2D eigenvalue weighted by atomic mass is 79.9. The molecular formula is C11H15BrN2O3S. The summed E-state index contributed by atoms with van der Waals surface area (Å²) in [5.74, 6) is -0.228. The van der Waals surface area contributed by atoms with Crippen molar-refractivity contribution in [3.05, 3.63) is 28.2 Å². The van der Waals surface area contributed by atoms with Crippen LogP contribution in [-0.4, -0.2) is 32.8 Å². The van der Waals surface area contributed by atoms with Crippen molar-refractivity contribution in [2.24, 2.45) is 5.14 Å². The lowest BCUT2D eigenvalue weighted by Crippen LogP contribution is -2.27. The van der Waals surface area contributed by atoms with Gasteiger partial charge in [-0.25, -0.2) is 13.6 Å². The van der Waals surface area contributed by atoms with Crippen LogP contribution in [-0.2, 0) is 10.0 Å². The average Bonchev–Trinajstić information content (AvgIpc) is 2.27. The van der Waals surface area contributed by atoms with Crippen LogP contribution in [0.15, 0.2) is 27.6 Å². The minimum Gasteiger partial charge on any atom is -0.342 e. The molecule has 2 N–H and O–H groups in total. The van der Waals surface area contributed by atoms with Crippen LogP contribution in [0.1, 0.15) is 23.7 Å². The minimum absolute atomic E-state index is 0.0850. The summed E-state index contributed by atoms with van der Waals surface area (Å²) in [6.07, 6.45) is 0.834. The van der Waals surface area contributed by atoms with Gasteiger partial charge in [-0.05, 0) is 40.5 Å². The molecule has 0 spiro atoms. The fourth-order valence-corrected chi connectivity index (χ4v) is 3.07. The Morgan fingerprint density at radius 2 is 2.06 bits per heavy atom. The number of benzene rings is 1. The summed E-state index contributed by atoms with van der Waals surface area (Å²) in [6, 6.07) is 4.36. The molecule has 7 heteroatoms. The lowest BCUT2D eigenvalue weighted by molar-refractivity contribution is 0.0795. The van der Waals surface area contributed by atoms with Crippen LogP contribution in [0, 0.1) is 0 Å². The number of hydrogen-bond acceptors (Lipinski definition) is 3. The summed E-state index contributed by atoms with van der Waals surface area (Å²) in [5, 5.41) is 5.08. The van der Waals surface area contributed by atoms with E-state index in [1.165, 1.54) is 17.0 Å². The topological polar surface area (TPSA) is 80.5 Å². The Morgan fingerprint density at radius 1 is 1.44 bits per heavy atom. The zero-order valence-electron chi connectivity index (χ0n) is 10.2. The number of primary sulfonamides is 1. The van der Waals surface area contributed by atoms with Gasteiger partial charge in [-0.3, -0.25) is 4.79 Å². The van der Waals surface area contributed by atoms with E-state index in [1.54, 1.807) is 13.1 Å². The number of carbonyl (C=O) groups excluding carboxylic acids is 1. The van der Waals surface area contributed by atoms with Crippen LogP contribution in [0.25, 0.3) is 0 Å². The molecule has 0 aliphatic rings. The molecule has 0 fully saturated rings. The van der Waals surface area contributed by atoms with Crippen LogP contribution in [0.3, 0.4) is 0 Å². The second kappa shape index (κ2) is 5.81. The van der Waals surface area contributed by atoms with Gasteiger partial charge in [0.25, 0.3) is 5.91 Å². The van der Waals surface area contributed by atoms with Crippen molar-refractivity contribution < 1.29 is 13.2 Å². The third-order valence-electron chi connectivity index (χ3n) is 2.39. The molecule has 1 aromatic rings. The van der Waals surface area contributed by atoms with Crippen molar-refractivity contribution >= 4 is 31.9 Å². The van der Waals surface area contributed by atoms with E-state index in [-0.39, 0.29) is 10.8 Å². The van der Waals surface area contributed by atoms with Crippen LogP contribution >= 0.6 is 15.9 Å². The van der Waals surface area contributed by atoms with E-state index in [2.05, 4.69) is 15.9 Å². The Hall–Kier alpha value is -0.920. The number of sulfonamides is 1. The Morgan fingerprint density at radius 3 is 2.56 bits per heavy atom. The molecule has 0 atom stereocenters. The predicted octanol–water partition coefficient (Wildman–Crippen LogP) is 1.58. The van der Waals surface area contributed by atoms with E-state index in [1.807, 2.05) is 6.92 Å². The van der Waals surface area contributed by atoms with Gasteiger partial charge in [0, 0.05) is 23.6 Å². The Labute approximate surface area is 115 Å². The Bertz CT molecular complexity index is 557. The summed E-state index contributed by atoms with van der Waals surface area (Å²) in [5.41, 5.74) is 0.304. The van der Waals surface area contributed by atoms with Gasteiger partial charge < -0.3 is 4.90 Å². The standard InChI is InChI=1S/C11H15BrN2O3S/c1-3-6-14(2)11(15)8-4-5-9(12)10(7-8)18(13,16)17/h4-5,7H,3,6H2,1-2H3,(H2,13,16,17). The van der Waals surface area contributed by atoms with Crippen LogP contribution in [0.4, 0.5) is 0 Å².